The van der Waals surface area contributed by atoms with Crippen LogP contribution in [0.15, 0.2) is 18.2 Å². The predicted octanol–water partition coefficient (Wildman–Crippen LogP) is 0.315. The molecule has 0 atom stereocenters. The third kappa shape index (κ3) is 1.61. The number of benzene rings is 1. The molecule has 1 aromatic rings. The lowest BCUT2D eigenvalue weighted by Crippen LogP contribution is -2.10. The zero-order valence-corrected chi connectivity index (χ0v) is 6.37. The zero-order valence-electron chi connectivity index (χ0n) is 6.37. The van der Waals surface area contributed by atoms with E-state index in [9.17, 15) is 4.79 Å². The van der Waals surface area contributed by atoms with Crippen molar-refractivity contribution < 1.29 is 9.90 Å². The predicted molar refractivity (Wildman–Crippen MR) is 46.1 cm³/mol. The van der Waals surface area contributed by atoms with Gasteiger partial charge in [0.15, 0.2) is 13.6 Å². The number of phenols is 1. The summed E-state index contributed by atoms with van der Waals surface area (Å²) in [6.45, 7) is 2.00. The number of hydrogen-bond donors (Lipinski definition) is 1. The Balaban J connectivity index is 3.12. The number of phenolic OH excluding ortho intramolecular Hbond substituents is 1. The SMILES string of the molecule is CBc1ccc(O)c(C=O)c1. The number of carbonyl (C=O) groups is 1. The molecular weight excluding hydrogens is 139 g/mol. The molecule has 1 N–H and O–H groups in total. The van der Waals surface area contributed by atoms with Crippen LogP contribution in [0.25, 0.3) is 0 Å². The molecule has 0 fully saturated rings. The first-order valence-corrected chi connectivity index (χ1v) is 3.55. The number of rotatable bonds is 2. The first kappa shape index (κ1) is 7.86. The fraction of sp³-hybridized carbons (Fsp3) is 0.125. The lowest BCUT2D eigenvalue weighted by Gasteiger charge is -1.98. The van der Waals surface area contributed by atoms with Crippen LogP contribution in [0.3, 0.4) is 0 Å². The molecule has 1 rings (SSSR count). The van der Waals surface area contributed by atoms with Crippen LogP contribution in [0.4, 0.5) is 0 Å². The molecule has 0 aliphatic heterocycles. The smallest absolute Gasteiger partial charge is 0.154 e. The molecule has 0 unspecified atom stereocenters. The number of aldehydes is 1. The second kappa shape index (κ2) is 3.24. The van der Waals surface area contributed by atoms with Crippen molar-refractivity contribution in [1.82, 2.24) is 0 Å². The highest BCUT2D eigenvalue weighted by atomic mass is 16.3. The quantitative estimate of drug-likeness (QED) is 0.484. The van der Waals surface area contributed by atoms with Gasteiger partial charge in [-0.05, 0) is 6.07 Å². The molecule has 2 nitrogen and oxygen atoms in total. The highest BCUT2D eigenvalue weighted by Gasteiger charge is 1.99. The van der Waals surface area contributed by atoms with E-state index < -0.39 is 0 Å². The van der Waals surface area contributed by atoms with Gasteiger partial charge in [-0.1, -0.05) is 24.4 Å². The Morgan fingerprint density at radius 2 is 2.27 bits per heavy atom. The summed E-state index contributed by atoms with van der Waals surface area (Å²) in [5.41, 5.74) is 1.43. The minimum atomic E-state index is 0.0530. The van der Waals surface area contributed by atoms with Crippen LogP contribution in [0.2, 0.25) is 6.82 Å². The second-order valence-corrected chi connectivity index (χ2v) is 2.36. The van der Waals surface area contributed by atoms with E-state index in [1.54, 1.807) is 12.1 Å². The zero-order chi connectivity index (χ0) is 8.27. The van der Waals surface area contributed by atoms with Crippen LogP contribution in [-0.2, 0) is 0 Å². The van der Waals surface area contributed by atoms with Gasteiger partial charge in [-0.2, -0.15) is 0 Å². The summed E-state index contributed by atoms with van der Waals surface area (Å²) in [5, 5.41) is 9.10. The van der Waals surface area contributed by atoms with E-state index in [0.717, 1.165) is 12.7 Å². The van der Waals surface area contributed by atoms with E-state index in [2.05, 4.69) is 0 Å². The Bertz CT molecular complexity index is 271. The van der Waals surface area contributed by atoms with Crippen molar-refractivity contribution in [3.63, 3.8) is 0 Å². The van der Waals surface area contributed by atoms with E-state index in [0.29, 0.717) is 11.8 Å². The van der Waals surface area contributed by atoms with Crippen LogP contribution >= 0.6 is 0 Å². The molecule has 0 bridgehead atoms. The van der Waals surface area contributed by atoms with Crippen molar-refractivity contribution >= 4 is 19.0 Å². The Morgan fingerprint density at radius 3 is 2.82 bits per heavy atom. The van der Waals surface area contributed by atoms with Crippen LogP contribution in [0, 0.1) is 0 Å². The highest BCUT2D eigenvalue weighted by molar-refractivity contribution is 6.52. The molecule has 11 heavy (non-hydrogen) atoms. The number of aromatic hydroxyl groups is 1. The standard InChI is InChI=1S/C8H9BO2/c1-9-7-2-3-8(11)6(4-7)5-10/h2-5,9,11H,1H3. The Kier molecular flexibility index (Phi) is 2.31. The summed E-state index contributed by atoms with van der Waals surface area (Å²) < 4.78 is 0. The molecule has 0 spiro atoms. The molecule has 1 aromatic carbocycles. The van der Waals surface area contributed by atoms with Gasteiger partial charge in [0.05, 0.1) is 5.56 Å². The fourth-order valence-electron chi connectivity index (χ4n) is 0.918. The monoisotopic (exact) mass is 148 g/mol. The van der Waals surface area contributed by atoms with Gasteiger partial charge in [-0.3, -0.25) is 4.79 Å². The second-order valence-electron chi connectivity index (χ2n) is 2.36. The van der Waals surface area contributed by atoms with Crippen molar-refractivity contribution in [3.05, 3.63) is 23.8 Å². The maximum atomic E-state index is 10.3. The topological polar surface area (TPSA) is 37.3 Å². The average molecular weight is 148 g/mol. The summed E-state index contributed by atoms with van der Waals surface area (Å²) in [7, 11) is 0.876. The van der Waals surface area contributed by atoms with E-state index in [4.69, 9.17) is 5.11 Å². The number of hydrogen-bond acceptors (Lipinski definition) is 2. The fourth-order valence-corrected chi connectivity index (χ4v) is 0.918. The lowest BCUT2D eigenvalue weighted by molar-refractivity contribution is 0.112. The van der Waals surface area contributed by atoms with E-state index in [1.165, 1.54) is 0 Å². The van der Waals surface area contributed by atoms with E-state index in [1.807, 2.05) is 12.9 Å². The van der Waals surface area contributed by atoms with Gasteiger partial charge in [-0.25, -0.2) is 0 Å². The Morgan fingerprint density at radius 1 is 1.55 bits per heavy atom. The molecule has 0 heterocycles. The Labute approximate surface area is 66.1 Å². The summed E-state index contributed by atoms with van der Waals surface area (Å²) in [5.74, 6) is 0.0530. The van der Waals surface area contributed by atoms with Crippen molar-refractivity contribution in [3.8, 4) is 5.75 Å². The average Bonchev–Trinajstić information content (AvgIpc) is 2.05. The first-order valence-electron chi connectivity index (χ1n) is 3.55. The van der Waals surface area contributed by atoms with E-state index in [-0.39, 0.29) is 5.75 Å². The van der Waals surface area contributed by atoms with Crippen LogP contribution in [0.5, 0.6) is 5.75 Å². The minimum Gasteiger partial charge on any atom is -0.507 e. The van der Waals surface area contributed by atoms with E-state index >= 15 is 0 Å². The van der Waals surface area contributed by atoms with Crippen molar-refractivity contribution in [2.45, 2.75) is 6.82 Å². The van der Waals surface area contributed by atoms with Gasteiger partial charge < -0.3 is 5.11 Å². The molecule has 0 saturated heterocycles. The van der Waals surface area contributed by atoms with Crippen LogP contribution in [0.1, 0.15) is 10.4 Å². The molecule has 0 aliphatic carbocycles. The van der Waals surface area contributed by atoms with Crippen molar-refractivity contribution in [2.24, 2.45) is 0 Å². The van der Waals surface area contributed by atoms with Gasteiger partial charge in [0.1, 0.15) is 5.75 Å². The summed E-state index contributed by atoms with van der Waals surface area (Å²) in [6.07, 6.45) is 0.661. The van der Waals surface area contributed by atoms with Gasteiger partial charge in [0, 0.05) is 0 Å². The third-order valence-corrected chi connectivity index (χ3v) is 1.63. The molecular formula is C8H9BO2. The number of carbonyl (C=O) groups excluding carboxylic acids is 1. The Hall–Kier alpha value is -1.25. The lowest BCUT2D eigenvalue weighted by atomic mass is 9.73. The third-order valence-electron chi connectivity index (χ3n) is 1.63. The molecule has 0 aliphatic rings. The largest absolute Gasteiger partial charge is 0.507 e. The van der Waals surface area contributed by atoms with Gasteiger partial charge in [0.25, 0.3) is 0 Å². The maximum absolute atomic E-state index is 10.3. The van der Waals surface area contributed by atoms with Crippen LogP contribution in [-0.4, -0.2) is 18.7 Å². The molecule has 0 amide bonds. The molecule has 0 aromatic heterocycles. The highest BCUT2D eigenvalue weighted by Crippen LogP contribution is 2.10. The summed E-state index contributed by atoms with van der Waals surface area (Å²) in [4.78, 5) is 10.3. The minimum absolute atomic E-state index is 0.0530. The molecule has 0 radical (unpaired) electrons. The summed E-state index contributed by atoms with van der Waals surface area (Å²) in [6, 6.07) is 5.05. The molecule has 3 heteroatoms. The van der Waals surface area contributed by atoms with Crippen molar-refractivity contribution in [1.29, 1.82) is 0 Å². The van der Waals surface area contributed by atoms with Gasteiger partial charge in [-0.15, -0.1) is 0 Å². The van der Waals surface area contributed by atoms with Gasteiger partial charge >= 0.3 is 0 Å². The van der Waals surface area contributed by atoms with Gasteiger partial charge in [0.2, 0.25) is 0 Å². The molecule has 0 saturated carbocycles. The normalized spacial score (nSPS) is 9.18. The summed E-state index contributed by atoms with van der Waals surface area (Å²) >= 11 is 0. The van der Waals surface area contributed by atoms with Crippen molar-refractivity contribution in [2.75, 3.05) is 0 Å². The van der Waals surface area contributed by atoms with Crippen LogP contribution < -0.4 is 5.46 Å². The molecule has 56 valence electrons. The first-order chi connectivity index (χ1) is 5.27. The maximum Gasteiger partial charge on any atom is 0.154 e.